The molecule has 1 aliphatic carbocycles. The Bertz CT molecular complexity index is 721. The number of alkyl halides is 3. The second-order valence-electron chi connectivity index (χ2n) is 10.9. The highest BCUT2D eigenvalue weighted by atomic mass is 28.4. The maximum Gasteiger partial charge on any atom is 0.389 e. The normalized spacial score (nSPS) is 18.5. The van der Waals surface area contributed by atoms with Crippen molar-refractivity contribution in [3.63, 3.8) is 0 Å². The van der Waals surface area contributed by atoms with Crippen molar-refractivity contribution in [2.75, 3.05) is 0 Å². The van der Waals surface area contributed by atoms with Gasteiger partial charge in [-0.3, -0.25) is 9.59 Å². The Hall–Kier alpha value is -1.41. The SMILES string of the molecule is CC(C)(C)[Si](C)(C)OC(CCCCC(F)(F)F)CCC1=CCC(=O)[C@@H]1C/C=C\CCCC(=O)O. The lowest BCUT2D eigenvalue weighted by molar-refractivity contribution is -0.137. The van der Waals surface area contributed by atoms with Crippen molar-refractivity contribution in [2.45, 2.75) is 122 Å². The minimum absolute atomic E-state index is 0.00772. The van der Waals surface area contributed by atoms with E-state index in [0.29, 0.717) is 51.4 Å². The molecule has 0 radical (unpaired) electrons. The van der Waals surface area contributed by atoms with Crippen molar-refractivity contribution in [2.24, 2.45) is 5.92 Å². The van der Waals surface area contributed by atoms with Crippen molar-refractivity contribution >= 4 is 20.1 Å². The van der Waals surface area contributed by atoms with Crippen LogP contribution >= 0.6 is 0 Å². The number of carboxylic acids is 1. The van der Waals surface area contributed by atoms with Crippen LogP contribution in [0.3, 0.4) is 0 Å². The molecule has 0 amide bonds. The lowest BCUT2D eigenvalue weighted by Crippen LogP contribution is -2.44. The maximum atomic E-state index is 12.6. The Kier molecular flexibility index (Phi) is 12.3. The zero-order valence-electron chi connectivity index (χ0n) is 21.5. The molecule has 1 unspecified atom stereocenters. The van der Waals surface area contributed by atoms with Gasteiger partial charge in [-0.25, -0.2) is 0 Å². The number of rotatable bonds is 15. The van der Waals surface area contributed by atoms with Crippen LogP contribution in [0.25, 0.3) is 0 Å². The molecule has 0 heterocycles. The van der Waals surface area contributed by atoms with Crippen LogP contribution in [0, 0.1) is 5.92 Å². The van der Waals surface area contributed by atoms with E-state index in [0.717, 1.165) is 5.57 Å². The van der Waals surface area contributed by atoms with Crippen molar-refractivity contribution in [1.29, 1.82) is 0 Å². The topological polar surface area (TPSA) is 63.6 Å². The summed E-state index contributed by atoms with van der Waals surface area (Å²) in [6, 6.07) is 0. The molecule has 1 aliphatic rings. The summed E-state index contributed by atoms with van der Waals surface area (Å²) in [5.74, 6) is -0.774. The molecule has 0 saturated heterocycles. The van der Waals surface area contributed by atoms with Gasteiger partial charge < -0.3 is 9.53 Å². The summed E-state index contributed by atoms with van der Waals surface area (Å²) in [6.07, 6.45) is 5.91. The van der Waals surface area contributed by atoms with Gasteiger partial charge in [0.25, 0.3) is 0 Å². The van der Waals surface area contributed by atoms with Crippen molar-refractivity contribution in [1.82, 2.24) is 0 Å². The summed E-state index contributed by atoms with van der Waals surface area (Å²) in [6.45, 7) is 10.8. The number of carbonyl (C=O) groups is 2. The number of hydrogen-bond donors (Lipinski definition) is 1. The van der Waals surface area contributed by atoms with Crippen LogP contribution in [0.1, 0.15) is 91.4 Å². The molecule has 0 spiro atoms. The molecule has 4 nitrogen and oxygen atoms in total. The first-order valence-corrected chi connectivity index (χ1v) is 15.4. The van der Waals surface area contributed by atoms with Gasteiger partial charge in [0, 0.05) is 31.3 Å². The monoisotopic (exact) mass is 504 g/mol. The number of carboxylic acid groups (broad SMARTS) is 1. The van der Waals surface area contributed by atoms with Crippen molar-refractivity contribution in [3.8, 4) is 0 Å². The van der Waals surface area contributed by atoms with Gasteiger partial charge in [0.15, 0.2) is 8.32 Å². The molecule has 0 aromatic heterocycles. The summed E-state index contributed by atoms with van der Waals surface area (Å²) in [4.78, 5) is 23.0. The number of carbonyl (C=O) groups excluding carboxylic acids is 1. The average molecular weight is 505 g/mol. The van der Waals surface area contributed by atoms with Crippen molar-refractivity contribution < 1.29 is 32.3 Å². The van der Waals surface area contributed by atoms with Crippen molar-refractivity contribution in [3.05, 3.63) is 23.8 Å². The summed E-state index contributed by atoms with van der Waals surface area (Å²) in [7, 11) is -2.08. The summed E-state index contributed by atoms with van der Waals surface area (Å²) in [5.41, 5.74) is 1.10. The Morgan fingerprint density at radius 2 is 1.85 bits per heavy atom. The molecule has 0 aromatic rings. The fraction of sp³-hybridized carbons (Fsp3) is 0.769. The minimum Gasteiger partial charge on any atom is -0.481 e. The predicted molar refractivity (Wildman–Crippen MR) is 132 cm³/mol. The molecule has 0 aliphatic heterocycles. The average Bonchev–Trinajstić information content (AvgIpc) is 3.03. The van der Waals surface area contributed by atoms with Gasteiger partial charge in [0.05, 0.1) is 0 Å². The minimum atomic E-state index is -4.13. The molecule has 1 rings (SSSR count). The molecular formula is C26H43F3O4Si. The Labute approximate surface area is 204 Å². The molecule has 1 N–H and O–H groups in total. The Morgan fingerprint density at radius 1 is 1.18 bits per heavy atom. The van der Waals surface area contributed by atoms with Gasteiger partial charge in [-0.05, 0) is 63.1 Å². The largest absolute Gasteiger partial charge is 0.481 e. The van der Waals surface area contributed by atoms with E-state index in [4.69, 9.17) is 9.53 Å². The van der Waals surface area contributed by atoms with E-state index >= 15 is 0 Å². The van der Waals surface area contributed by atoms with Crippen LogP contribution in [-0.4, -0.2) is 37.5 Å². The first-order chi connectivity index (χ1) is 15.6. The molecular weight excluding hydrogens is 461 g/mol. The van der Waals surface area contributed by atoms with E-state index in [-0.39, 0.29) is 35.7 Å². The van der Waals surface area contributed by atoms with E-state index in [9.17, 15) is 22.8 Å². The van der Waals surface area contributed by atoms with Crippen LogP contribution in [0.5, 0.6) is 0 Å². The number of halogens is 3. The zero-order chi connectivity index (χ0) is 26.0. The van der Waals surface area contributed by atoms with Crippen LogP contribution in [0.15, 0.2) is 23.8 Å². The highest BCUT2D eigenvalue weighted by molar-refractivity contribution is 6.74. The third kappa shape index (κ3) is 11.8. The zero-order valence-corrected chi connectivity index (χ0v) is 22.5. The second-order valence-corrected chi connectivity index (χ2v) is 15.7. The van der Waals surface area contributed by atoms with Crippen LogP contribution in [-0.2, 0) is 14.0 Å². The number of ketones is 1. The number of hydrogen-bond acceptors (Lipinski definition) is 3. The molecule has 8 heteroatoms. The summed E-state index contributed by atoms with van der Waals surface area (Å²) in [5, 5.41) is 8.71. The van der Waals surface area contributed by atoms with Gasteiger partial charge in [-0.2, -0.15) is 13.2 Å². The van der Waals surface area contributed by atoms with Gasteiger partial charge in [0.1, 0.15) is 5.78 Å². The Balaban J connectivity index is 2.69. The fourth-order valence-corrected chi connectivity index (χ4v) is 5.31. The first-order valence-electron chi connectivity index (χ1n) is 12.5. The van der Waals surface area contributed by atoms with E-state index in [1.165, 1.54) is 0 Å². The summed E-state index contributed by atoms with van der Waals surface area (Å²) >= 11 is 0. The highest BCUT2D eigenvalue weighted by Crippen LogP contribution is 2.39. The van der Waals surface area contributed by atoms with E-state index in [2.05, 4.69) is 33.9 Å². The van der Waals surface area contributed by atoms with Crippen LogP contribution in [0.4, 0.5) is 13.2 Å². The predicted octanol–water partition coefficient (Wildman–Crippen LogP) is 8.00. The third-order valence-corrected chi connectivity index (χ3v) is 11.5. The lowest BCUT2D eigenvalue weighted by Gasteiger charge is -2.39. The van der Waals surface area contributed by atoms with E-state index in [1.54, 1.807) is 0 Å². The van der Waals surface area contributed by atoms with Crippen LogP contribution < -0.4 is 0 Å². The number of aliphatic carboxylic acids is 1. The molecule has 0 bridgehead atoms. The molecule has 2 atom stereocenters. The Morgan fingerprint density at radius 3 is 2.44 bits per heavy atom. The van der Waals surface area contributed by atoms with Gasteiger partial charge in [-0.1, -0.05) is 51.0 Å². The fourth-order valence-electron chi connectivity index (χ4n) is 3.88. The smallest absolute Gasteiger partial charge is 0.389 e. The number of allylic oxidation sites excluding steroid dienone is 4. The standard InChI is InChI=1S/C26H43F3O4Si/c1-25(2,3)34(4,5)33-21(12-10-11-19-26(27,28)29)17-15-20-16-18-23(30)22(20)13-8-6-7-9-14-24(31)32/h6,8,16,21-22H,7,9-15,17-19H2,1-5H3,(H,31,32)/b8-6-/t21?,22-/m1/s1. The van der Waals surface area contributed by atoms with Crippen LogP contribution in [0.2, 0.25) is 18.1 Å². The van der Waals surface area contributed by atoms with E-state index in [1.807, 2.05) is 18.2 Å². The first kappa shape index (κ1) is 30.6. The highest BCUT2D eigenvalue weighted by Gasteiger charge is 2.39. The van der Waals surface area contributed by atoms with Gasteiger partial charge >= 0.3 is 12.1 Å². The molecule has 0 fully saturated rings. The molecule has 0 aromatic carbocycles. The maximum absolute atomic E-state index is 12.6. The van der Waals surface area contributed by atoms with Gasteiger partial charge in [0.2, 0.25) is 0 Å². The second kappa shape index (κ2) is 13.6. The summed E-state index contributed by atoms with van der Waals surface area (Å²) < 4.78 is 44.2. The number of unbranched alkanes of at least 4 members (excludes halogenated alkanes) is 2. The third-order valence-electron chi connectivity index (χ3n) is 6.96. The molecule has 196 valence electrons. The van der Waals surface area contributed by atoms with Gasteiger partial charge in [-0.15, -0.1) is 0 Å². The quantitative estimate of drug-likeness (QED) is 0.139. The lowest BCUT2D eigenvalue weighted by atomic mass is 9.91. The van der Waals surface area contributed by atoms with E-state index < -0.39 is 26.9 Å². The molecule has 34 heavy (non-hydrogen) atoms. The molecule has 0 saturated carbocycles. The number of Topliss-reactive ketones (excluding diaryl/α,β-unsaturated/α-hetero) is 1.